The van der Waals surface area contributed by atoms with Crippen molar-refractivity contribution in [1.29, 1.82) is 0 Å². The van der Waals surface area contributed by atoms with Gasteiger partial charge in [0.1, 0.15) is 0 Å². The minimum absolute atomic E-state index is 0.0889. The predicted octanol–water partition coefficient (Wildman–Crippen LogP) is 2.62. The van der Waals surface area contributed by atoms with Crippen LogP contribution in [0.3, 0.4) is 0 Å². The number of hydrogen-bond acceptors (Lipinski definition) is 3. The summed E-state index contributed by atoms with van der Waals surface area (Å²) in [5.41, 5.74) is 2.37. The molecule has 0 aliphatic carbocycles. The summed E-state index contributed by atoms with van der Waals surface area (Å²) in [5, 5.41) is 0. The summed E-state index contributed by atoms with van der Waals surface area (Å²) in [6.07, 6.45) is 3.22. The van der Waals surface area contributed by atoms with E-state index in [0.29, 0.717) is 18.1 Å². The maximum atomic E-state index is 12.5. The highest BCUT2D eigenvalue weighted by molar-refractivity contribution is 6.05. The number of amides is 1. The van der Waals surface area contributed by atoms with Gasteiger partial charge in [-0.25, -0.2) is 4.98 Å². The second-order valence-electron chi connectivity index (χ2n) is 4.36. The van der Waals surface area contributed by atoms with Crippen molar-refractivity contribution in [3.05, 3.63) is 54.4 Å². The highest BCUT2D eigenvalue weighted by atomic mass is 16.2. The first kappa shape index (κ1) is 12.3. The summed E-state index contributed by atoms with van der Waals surface area (Å²) in [7, 11) is 0. The Bertz CT molecular complexity index is 703. The number of nitrogens with one attached hydrogen (secondary N) is 1. The van der Waals surface area contributed by atoms with Crippen molar-refractivity contribution in [2.45, 2.75) is 6.92 Å². The van der Waals surface area contributed by atoms with Gasteiger partial charge in [0.2, 0.25) is 5.95 Å². The smallest absolute Gasteiger partial charge is 0.260 e. The number of pyridine rings is 1. The van der Waals surface area contributed by atoms with Crippen molar-refractivity contribution in [1.82, 2.24) is 15.0 Å². The molecule has 1 amide bonds. The summed E-state index contributed by atoms with van der Waals surface area (Å²) in [5.74, 6) is 0.476. The number of aromatic nitrogens is 3. The van der Waals surface area contributed by atoms with E-state index in [1.807, 2.05) is 31.2 Å². The first-order valence-corrected chi connectivity index (χ1v) is 6.46. The Balaban J connectivity index is 1.99. The molecule has 3 rings (SSSR count). The monoisotopic (exact) mass is 266 g/mol. The van der Waals surface area contributed by atoms with E-state index >= 15 is 0 Å². The molecule has 0 bridgehead atoms. The molecular formula is C15H14N4O. The van der Waals surface area contributed by atoms with Gasteiger partial charge >= 0.3 is 0 Å². The lowest BCUT2D eigenvalue weighted by atomic mass is 10.2. The maximum absolute atomic E-state index is 12.5. The van der Waals surface area contributed by atoms with Gasteiger partial charge < -0.3 is 4.98 Å². The van der Waals surface area contributed by atoms with E-state index < -0.39 is 0 Å². The zero-order chi connectivity index (χ0) is 13.9. The van der Waals surface area contributed by atoms with Gasteiger partial charge in [0.15, 0.2) is 0 Å². The van der Waals surface area contributed by atoms with E-state index in [1.165, 1.54) is 0 Å². The zero-order valence-electron chi connectivity index (χ0n) is 11.1. The fraction of sp³-hybridized carbons (Fsp3) is 0.133. The van der Waals surface area contributed by atoms with Crippen LogP contribution in [0, 0.1) is 0 Å². The van der Waals surface area contributed by atoms with Crippen LogP contribution in [0.25, 0.3) is 11.0 Å². The Kier molecular flexibility index (Phi) is 3.16. The first-order chi connectivity index (χ1) is 9.79. The summed E-state index contributed by atoms with van der Waals surface area (Å²) >= 11 is 0. The number of para-hydroxylation sites is 2. The van der Waals surface area contributed by atoms with Gasteiger partial charge in [-0.05, 0) is 31.2 Å². The maximum Gasteiger partial charge on any atom is 0.260 e. The molecule has 5 heteroatoms. The van der Waals surface area contributed by atoms with Gasteiger partial charge in [-0.15, -0.1) is 0 Å². The molecule has 0 atom stereocenters. The molecule has 0 radical (unpaired) electrons. The van der Waals surface area contributed by atoms with Crippen molar-refractivity contribution in [3.8, 4) is 0 Å². The number of H-pyrrole nitrogens is 1. The molecule has 2 heterocycles. The number of aromatic amines is 1. The lowest BCUT2D eigenvalue weighted by Crippen LogP contribution is -2.31. The van der Waals surface area contributed by atoms with Crippen molar-refractivity contribution >= 4 is 22.9 Å². The quantitative estimate of drug-likeness (QED) is 0.792. The zero-order valence-corrected chi connectivity index (χ0v) is 11.1. The molecule has 0 saturated heterocycles. The minimum Gasteiger partial charge on any atom is -0.324 e. The fourth-order valence-electron chi connectivity index (χ4n) is 2.11. The van der Waals surface area contributed by atoms with Crippen molar-refractivity contribution in [3.63, 3.8) is 0 Å². The Hall–Kier alpha value is -2.69. The SMILES string of the molecule is CCN(C(=O)c1ccncc1)c1nc2ccccc2[nH]1. The molecule has 2 aromatic heterocycles. The molecule has 0 saturated carbocycles. The van der Waals surface area contributed by atoms with Crippen molar-refractivity contribution in [2.24, 2.45) is 0 Å². The van der Waals surface area contributed by atoms with Crippen LogP contribution in [0.15, 0.2) is 48.8 Å². The lowest BCUT2D eigenvalue weighted by molar-refractivity contribution is 0.0987. The topological polar surface area (TPSA) is 61.9 Å². The van der Waals surface area contributed by atoms with Crippen LogP contribution in [0.2, 0.25) is 0 Å². The third kappa shape index (κ3) is 2.14. The summed E-state index contributed by atoms with van der Waals surface area (Å²) in [6, 6.07) is 11.1. The molecule has 0 spiro atoms. The first-order valence-electron chi connectivity index (χ1n) is 6.46. The van der Waals surface area contributed by atoms with Crippen LogP contribution >= 0.6 is 0 Å². The molecule has 1 aromatic carbocycles. The van der Waals surface area contributed by atoms with Crippen LogP contribution in [0.4, 0.5) is 5.95 Å². The van der Waals surface area contributed by atoms with Crippen LogP contribution in [0.5, 0.6) is 0 Å². The van der Waals surface area contributed by atoms with E-state index in [-0.39, 0.29) is 5.91 Å². The number of benzene rings is 1. The van der Waals surface area contributed by atoms with Crippen molar-refractivity contribution < 1.29 is 4.79 Å². The Morgan fingerprint density at radius 2 is 1.95 bits per heavy atom. The molecule has 100 valence electrons. The van der Waals surface area contributed by atoms with E-state index in [1.54, 1.807) is 29.4 Å². The Labute approximate surface area is 116 Å². The van der Waals surface area contributed by atoms with Gasteiger partial charge in [-0.2, -0.15) is 0 Å². The van der Waals surface area contributed by atoms with Gasteiger partial charge in [0.05, 0.1) is 11.0 Å². The normalized spacial score (nSPS) is 10.7. The third-order valence-electron chi connectivity index (χ3n) is 3.12. The number of hydrogen-bond donors (Lipinski definition) is 1. The number of carbonyl (C=O) groups is 1. The van der Waals surface area contributed by atoms with E-state index in [2.05, 4.69) is 15.0 Å². The molecule has 5 nitrogen and oxygen atoms in total. The standard InChI is InChI=1S/C15H14N4O/c1-2-19(14(20)11-7-9-16-10-8-11)15-17-12-5-3-4-6-13(12)18-15/h3-10H,2H2,1H3,(H,17,18). The average Bonchev–Trinajstić information content (AvgIpc) is 2.92. The van der Waals surface area contributed by atoms with Gasteiger partial charge in [-0.1, -0.05) is 12.1 Å². The molecule has 0 unspecified atom stereocenters. The fourth-order valence-corrected chi connectivity index (χ4v) is 2.11. The highest BCUT2D eigenvalue weighted by Crippen LogP contribution is 2.18. The number of fused-ring (bicyclic) bond motifs is 1. The number of rotatable bonds is 3. The molecule has 1 N–H and O–H groups in total. The van der Waals surface area contributed by atoms with Crippen molar-refractivity contribution in [2.75, 3.05) is 11.4 Å². The third-order valence-corrected chi connectivity index (χ3v) is 3.12. The molecule has 0 fully saturated rings. The molecule has 20 heavy (non-hydrogen) atoms. The van der Waals surface area contributed by atoms with E-state index in [0.717, 1.165) is 11.0 Å². The summed E-state index contributed by atoms with van der Waals surface area (Å²) in [6.45, 7) is 2.47. The minimum atomic E-state index is -0.0889. The summed E-state index contributed by atoms with van der Waals surface area (Å²) < 4.78 is 0. The van der Waals surface area contributed by atoms with Crippen LogP contribution < -0.4 is 4.90 Å². The summed E-state index contributed by atoms with van der Waals surface area (Å²) in [4.78, 5) is 25.7. The lowest BCUT2D eigenvalue weighted by Gasteiger charge is -2.17. The number of anilines is 1. The van der Waals surface area contributed by atoms with Gasteiger partial charge in [-0.3, -0.25) is 14.7 Å². The molecular weight excluding hydrogens is 252 g/mol. The van der Waals surface area contributed by atoms with Gasteiger partial charge in [0.25, 0.3) is 5.91 Å². The van der Waals surface area contributed by atoms with Crippen LogP contribution in [-0.2, 0) is 0 Å². The van der Waals surface area contributed by atoms with E-state index in [9.17, 15) is 4.79 Å². The molecule has 3 aromatic rings. The number of carbonyl (C=O) groups excluding carboxylic acids is 1. The molecule has 0 aliphatic rings. The predicted molar refractivity (Wildman–Crippen MR) is 77.7 cm³/mol. The molecule has 0 aliphatic heterocycles. The number of nitrogens with zero attached hydrogens (tertiary/aromatic N) is 3. The Morgan fingerprint density at radius 3 is 2.65 bits per heavy atom. The Morgan fingerprint density at radius 1 is 1.20 bits per heavy atom. The van der Waals surface area contributed by atoms with Crippen LogP contribution in [0.1, 0.15) is 17.3 Å². The second kappa shape index (κ2) is 5.13. The number of imidazole rings is 1. The van der Waals surface area contributed by atoms with E-state index in [4.69, 9.17) is 0 Å². The highest BCUT2D eigenvalue weighted by Gasteiger charge is 2.18. The average molecular weight is 266 g/mol. The largest absolute Gasteiger partial charge is 0.324 e. The van der Waals surface area contributed by atoms with Gasteiger partial charge in [0, 0.05) is 24.5 Å². The second-order valence-corrected chi connectivity index (χ2v) is 4.36. The van der Waals surface area contributed by atoms with Crippen LogP contribution in [-0.4, -0.2) is 27.4 Å².